The number of ether oxygens (including phenoxy) is 1. The third-order valence-corrected chi connectivity index (χ3v) is 4.00. The number of rotatable bonds is 4. The molecule has 2 amide bonds. The first-order chi connectivity index (χ1) is 12.0. The first kappa shape index (κ1) is 19.7. The summed E-state index contributed by atoms with van der Waals surface area (Å²) in [5, 5.41) is 11.2. The van der Waals surface area contributed by atoms with Crippen LogP contribution in [0.5, 0.6) is 5.75 Å². The Morgan fingerprint density at radius 2 is 1.96 bits per heavy atom. The van der Waals surface area contributed by atoms with Crippen molar-refractivity contribution >= 4 is 17.7 Å². The van der Waals surface area contributed by atoms with E-state index in [1.54, 1.807) is 0 Å². The smallest absolute Gasteiger partial charge is 0.394 e. The van der Waals surface area contributed by atoms with Crippen LogP contribution in [0.4, 0.5) is 32.4 Å². The van der Waals surface area contributed by atoms with Gasteiger partial charge in [0.05, 0.1) is 11.8 Å². The van der Waals surface area contributed by atoms with Crippen LogP contribution < -0.4 is 10.1 Å². The molecular formula is C15H15F5N2O4. The number of hydrogen-bond acceptors (Lipinski definition) is 3. The highest BCUT2D eigenvalue weighted by Crippen LogP contribution is 2.38. The fourth-order valence-corrected chi connectivity index (χ4v) is 2.65. The standard InChI is InChI=1S/C15H15F5N2O4/c1-7-2-3-8(4-11(7)26-13(16)17)21-14(25)22-5-9(12(23)24)10(6-22)15(18,19)20/h2-4,9-10,13H,5-6H2,1H3,(H,21,25)(H,23,24)/t9-,10-/m1/s1. The Balaban J connectivity index is 2.12. The quantitative estimate of drug-likeness (QED) is 0.783. The van der Waals surface area contributed by atoms with E-state index >= 15 is 0 Å². The lowest BCUT2D eigenvalue weighted by Crippen LogP contribution is -2.35. The molecule has 1 saturated heterocycles. The lowest BCUT2D eigenvalue weighted by Gasteiger charge is -2.19. The molecule has 144 valence electrons. The maximum Gasteiger partial charge on any atom is 0.394 e. The summed E-state index contributed by atoms with van der Waals surface area (Å²) >= 11 is 0. The Morgan fingerprint density at radius 3 is 2.46 bits per heavy atom. The Bertz CT molecular complexity index is 695. The van der Waals surface area contributed by atoms with Crippen LogP contribution in [-0.4, -0.2) is 47.9 Å². The van der Waals surface area contributed by atoms with Gasteiger partial charge in [-0.1, -0.05) is 6.07 Å². The second kappa shape index (κ2) is 7.34. The third kappa shape index (κ3) is 4.52. The summed E-state index contributed by atoms with van der Waals surface area (Å²) in [5.41, 5.74) is 0.395. The molecule has 1 aliphatic rings. The topological polar surface area (TPSA) is 78.9 Å². The highest BCUT2D eigenvalue weighted by Gasteiger charge is 2.53. The van der Waals surface area contributed by atoms with Gasteiger partial charge in [0.1, 0.15) is 5.75 Å². The minimum Gasteiger partial charge on any atom is -0.481 e. The van der Waals surface area contributed by atoms with E-state index in [2.05, 4.69) is 10.1 Å². The number of anilines is 1. The predicted octanol–water partition coefficient (Wildman–Crippen LogP) is 3.32. The maximum atomic E-state index is 12.9. The number of alkyl halides is 5. The monoisotopic (exact) mass is 382 g/mol. The maximum absolute atomic E-state index is 12.9. The van der Waals surface area contributed by atoms with Gasteiger partial charge in [-0.2, -0.15) is 22.0 Å². The zero-order valence-electron chi connectivity index (χ0n) is 13.4. The molecule has 2 N–H and O–H groups in total. The summed E-state index contributed by atoms with van der Waals surface area (Å²) in [6.45, 7) is -3.01. The first-order valence-electron chi connectivity index (χ1n) is 7.40. The van der Waals surface area contributed by atoms with Crippen molar-refractivity contribution in [1.29, 1.82) is 0 Å². The van der Waals surface area contributed by atoms with E-state index in [1.165, 1.54) is 19.1 Å². The number of nitrogens with zero attached hydrogens (tertiary/aromatic N) is 1. The van der Waals surface area contributed by atoms with Gasteiger partial charge < -0.3 is 20.1 Å². The summed E-state index contributed by atoms with van der Waals surface area (Å²) in [5.74, 6) is -5.79. The Morgan fingerprint density at radius 1 is 1.31 bits per heavy atom. The number of carbonyl (C=O) groups excluding carboxylic acids is 1. The predicted molar refractivity (Wildman–Crippen MR) is 79.1 cm³/mol. The lowest BCUT2D eigenvalue weighted by atomic mass is 9.96. The van der Waals surface area contributed by atoms with Crippen LogP contribution in [0.15, 0.2) is 18.2 Å². The molecule has 26 heavy (non-hydrogen) atoms. The van der Waals surface area contributed by atoms with Crippen LogP contribution in [0.1, 0.15) is 5.56 Å². The molecular weight excluding hydrogens is 367 g/mol. The van der Waals surface area contributed by atoms with Crippen molar-refractivity contribution < 1.29 is 41.4 Å². The van der Waals surface area contributed by atoms with Crippen LogP contribution in [0.3, 0.4) is 0 Å². The number of nitrogens with one attached hydrogen (secondary N) is 1. The number of carboxylic acids is 1. The zero-order valence-corrected chi connectivity index (χ0v) is 13.4. The minimum absolute atomic E-state index is 0.0265. The van der Waals surface area contributed by atoms with Crippen molar-refractivity contribution in [3.8, 4) is 5.75 Å². The fourth-order valence-electron chi connectivity index (χ4n) is 2.65. The number of benzene rings is 1. The normalized spacial score (nSPS) is 20.3. The molecule has 11 heteroatoms. The van der Waals surface area contributed by atoms with Crippen molar-refractivity contribution in [3.05, 3.63) is 23.8 Å². The van der Waals surface area contributed by atoms with Gasteiger partial charge in [-0.15, -0.1) is 0 Å². The third-order valence-electron chi connectivity index (χ3n) is 4.00. The molecule has 6 nitrogen and oxygen atoms in total. The molecule has 0 saturated carbocycles. The van der Waals surface area contributed by atoms with E-state index < -0.39 is 49.7 Å². The number of aryl methyl sites for hydroxylation is 1. The average molecular weight is 382 g/mol. The van der Waals surface area contributed by atoms with Gasteiger partial charge in [-0.3, -0.25) is 4.79 Å². The second-order valence-electron chi connectivity index (χ2n) is 5.79. The van der Waals surface area contributed by atoms with Gasteiger partial charge in [0, 0.05) is 24.8 Å². The van der Waals surface area contributed by atoms with Crippen LogP contribution in [-0.2, 0) is 4.79 Å². The summed E-state index contributed by atoms with van der Waals surface area (Å²) in [6, 6.07) is 2.88. The van der Waals surface area contributed by atoms with E-state index in [9.17, 15) is 31.5 Å². The minimum atomic E-state index is -4.76. The molecule has 1 aromatic carbocycles. The van der Waals surface area contributed by atoms with E-state index in [4.69, 9.17) is 5.11 Å². The van der Waals surface area contributed by atoms with Crippen LogP contribution in [0.25, 0.3) is 0 Å². The number of carbonyl (C=O) groups is 2. The van der Waals surface area contributed by atoms with Crippen molar-refractivity contribution in [2.75, 3.05) is 18.4 Å². The van der Waals surface area contributed by atoms with Crippen LogP contribution in [0.2, 0.25) is 0 Å². The summed E-state index contributed by atoms with van der Waals surface area (Å²) in [4.78, 5) is 23.9. The van der Waals surface area contributed by atoms with Crippen molar-refractivity contribution in [1.82, 2.24) is 4.90 Å². The Labute approximate surface area is 144 Å². The van der Waals surface area contributed by atoms with Gasteiger partial charge in [-0.25, -0.2) is 4.79 Å². The average Bonchev–Trinajstić information content (AvgIpc) is 2.96. The van der Waals surface area contributed by atoms with Gasteiger partial charge in [0.15, 0.2) is 0 Å². The number of likely N-dealkylation sites (tertiary alicyclic amines) is 1. The molecule has 1 heterocycles. The molecule has 0 radical (unpaired) electrons. The molecule has 0 unspecified atom stereocenters. The number of aliphatic carboxylic acids is 1. The highest BCUT2D eigenvalue weighted by molar-refractivity contribution is 5.90. The van der Waals surface area contributed by atoms with Crippen molar-refractivity contribution in [3.63, 3.8) is 0 Å². The summed E-state index contributed by atoms with van der Waals surface area (Å²) < 4.78 is 67.8. The van der Waals surface area contributed by atoms with Crippen LogP contribution in [0, 0.1) is 18.8 Å². The zero-order chi connectivity index (χ0) is 19.6. The van der Waals surface area contributed by atoms with Crippen LogP contribution >= 0.6 is 0 Å². The molecule has 1 fully saturated rings. The van der Waals surface area contributed by atoms with Gasteiger partial charge in [0.25, 0.3) is 0 Å². The second-order valence-corrected chi connectivity index (χ2v) is 5.79. The number of hydrogen-bond donors (Lipinski definition) is 2. The van der Waals surface area contributed by atoms with Gasteiger partial charge in [-0.05, 0) is 18.6 Å². The number of carboxylic acid groups (broad SMARTS) is 1. The van der Waals surface area contributed by atoms with E-state index in [-0.39, 0.29) is 11.4 Å². The molecule has 0 bridgehead atoms. The Kier molecular flexibility index (Phi) is 5.57. The lowest BCUT2D eigenvalue weighted by molar-refractivity contribution is -0.187. The first-order valence-corrected chi connectivity index (χ1v) is 7.40. The molecule has 0 aliphatic carbocycles. The summed E-state index contributed by atoms with van der Waals surface area (Å²) in [7, 11) is 0. The number of urea groups is 1. The fraction of sp³-hybridized carbons (Fsp3) is 0.467. The molecule has 0 aromatic heterocycles. The van der Waals surface area contributed by atoms with Crippen molar-refractivity contribution in [2.24, 2.45) is 11.8 Å². The largest absolute Gasteiger partial charge is 0.481 e. The SMILES string of the molecule is Cc1ccc(NC(=O)N2C[C@@H](C(F)(F)F)[C@H](C(=O)O)C2)cc1OC(F)F. The van der Waals surface area contributed by atoms with Gasteiger partial charge >= 0.3 is 24.8 Å². The van der Waals surface area contributed by atoms with E-state index in [0.717, 1.165) is 11.0 Å². The van der Waals surface area contributed by atoms with Crippen molar-refractivity contribution in [2.45, 2.75) is 19.7 Å². The Hall–Kier alpha value is -2.59. The van der Waals surface area contributed by atoms with E-state index in [0.29, 0.717) is 5.56 Å². The molecule has 0 spiro atoms. The number of halogens is 5. The van der Waals surface area contributed by atoms with E-state index in [1.807, 2.05) is 0 Å². The summed E-state index contributed by atoms with van der Waals surface area (Å²) in [6.07, 6.45) is -4.76. The van der Waals surface area contributed by atoms with Gasteiger partial charge in [0.2, 0.25) is 0 Å². The molecule has 1 aliphatic heterocycles. The molecule has 1 aromatic rings. The highest BCUT2D eigenvalue weighted by atomic mass is 19.4. The number of amides is 2. The molecule has 2 rings (SSSR count). The molecule has 2 atom stereocenters.